The van der Waals surface area contributed by atoms with Crippen molar-refractivity contribution in [2.75, 3.05) is 0 Å². The zero-order valence-corrected chi connectivity index (χ0v) is 16.5. The van der Waals surface area contributed by atoms with Gasteiger partial charge in [0.05, 0.1) is 0 Å². The first-order valence-electron chi connectivity index (χ1n) is 7.17. The summed E-state index contributed by atoms with van der Waals surface area (Å²) in [6.07, 6.45) is -15.6. The molecule has 0 atom stereocenters. The first-order chi connectivity index (χ1) is 11.6. The molecule has 0 amide bonds. The monoisotopic (exact) mass is 508 g/mol. The van der Waals surface area contributed by atoms with E-state index in [1.165, 1.54) is 0 Å². The van der Waals surface area contributed by atoms with Crippen LogP contribution in [0.3, 0.4) is 0 Å². The van der Waals surface area contributed by atoms with E-state index in [0.717, 1.165) is 0 Å². The zero-order chi connectivity index (χ0) is 21.3. The molecule has 14 N–H and O–H groups in total. The molecule has 0 aliphatic rings. The second kappa shape index (κ2) is 16.2. The minimum absolute atomic E-state index is 0. The summed E-state index contributed by atoms with van der Waals surface area (Å²) in [7, 11) is 0. The average Bonchev–Trinajstić information content (AvgIpc) is 2.34. The number of hydrogen-bond acceptors (Lipinski definition) is 14. The van der Waals surface area contributed by atoms with E-state index in [1.54, 1.807) is 0 Å². The quantitative estimate of drug-likeness (QED) is 0.0965. The molecule has 176 valence electrons. The summed E-state index contributed by atoms with van der Waals surface area (Å²) in [5, 5.41) is 121. The maximum absolute atomic E-state index is 9.29. The van der Waals surface area contributed by atoms with E-state index in [1.807, 2.05) is 0 Å². The van der Waals surface area contributed by atoms with Gasteiger partial charge in [-0.2, -0.15) is 0 Å². The van der Waals surface area contributed by atoms with E-state index < -0.39 is 74.6 Å². The van der Waals surface area contributed by atoms with Crippen LogP contribution in [-0.4, -0.2) is 120 Å². The maximum Gasteiger partial charge on any atom is 0.181 e. The van der Waals surface area contributed by atoms with E-state index in [4.69, 9.17) is 61.3 Å². The summed E-state index contributed by atoms with van der Waals surface area (Å²) >= 11 is 0. The number of hydrogen-bond donors (Lipinski definition) is 14. The van der Waals surface area contributed by atoms with E-state index in [0.29, 0.717) is 0 Å². The van der Waals surface area contributed by atoms with Crippen molar-refractivity contribution < 1.29 is 106 Å². The predicted molar refractivity (Wildman–Crippen MR) is 77.7 cm³/mol. The fourth-order valence-corrected chi connectivity index (χ4v) is 1.85. The molecular formula is C12H28Fe2O14. The summed E-state index contributed by atoms with van der Waals surface area (Å²) in [5.41, 5.74) is -4.69. The van der Waals surface area contributed by atoms with Gasteiger partial charge < -0.3 is 71.5 Å². The molecular weight excluding hydrogens is 480 g/mol. The van der Waals surface area contributed by atoms with Gasteiger partial charge >= 0.3 is 0 Å². The van der Waals surface area contributed by atoms with Gasteiger partial charge in [-0.05, 0) is 0 Å². The van der Waals surface area contributed by atoms with Crippen LogP contribution < -0.4 is 0 Å². The van der Waals surface area contributed by atoms with E-state index >= 15 is 0 Å². The van der Waals surface area contributed by atoms with Crippen LogP contribution in [0.25, 0.3) is 0 Å². The summed E-state index contributed by atoms with van der Waals surface area (Å²) in [6, 6.07) is 0. The Morgan fingerprint density at radius 3 is 0.607 bits per heavy atom. The number of aliphatic hydroxyl groups excluding tert-OH is 6. The molecule has 0 aromatic carbocycles. The second-order valence-corrected chi connectivity index (χ2v) is 5.69. The Kier molecular flexibility index (Phi) is 20.8. The molecule has 0 heterocycles. The van der Waals surface area contributed by atoms with Gasteiger partial charge in [-0.25, -0.2) is 0 Å². The molecule has 0 unspecified atom stereocenters. The Hall–Kier alpha value is 0.479. The van der Waals surface area contributed by atoms with Crippen molar-refractivity contribution in [2.45, 2.75) is 74.6 Å². The van der Waals surface area contributed by atoms with Crippen molar-refractivity contribution >= 4 is 0 Å². The van der Waals surface area contributed by atoms with Gasteiger partial charge in [-0.3, -0.25) is 0 Å². The minimum Gasteiger partial charge on any atom is -0.384 e. The van der Waals surface area contributed by atoms with Gasteiger partial charge in [-0.1, -0.05) is 0 Å². The van der Waals surface area contributed by atoms with Crippen LogP contribution in [0.1, 0.15) is 25.7 Å². The van der Waals surface area contributed by atoms with Crippen molar-refractivity contribution in [1.29, 1.82) is 0 Å². The van der Waals surface area contributed by atoms with Crippen LogP contribution in [0.2, 0.25) is 0 Å². The largest absolute Gasteiger partial charge is 0.384 e. The normalized spacial score (nSPS) is 12.4. The van der Waals surface area contributed by atoms with Crippen LogP contribution in [0.4, 0.5) is 0 Å². The molecule has 16 heteroatoms. The van der Waals surface area contributed by atoms with Crippen molar-refractivity contribution in [3.63, 3.8) is 0 Å². The third-order valence-corrected chi connectivity index (χ3v) is 3.11. The van der Waals surface area contributed by atoms with E-state index in [9.17, 15) is 10.2 Å². The second-order valence-electron chi connectivity index (χ2n) is 5.69. The first-order valence-corrected chi connectivity index (χ1v) is 7.17. The molecule has 0 bridgehead atoms. The molecule has 0 aromatic heterocycles. The van der Waals surface area contributed by atoms with Gasteiger partial charge in [0, 0.05) is 59.8 Å². The SMILES string of the molecule is OC(O)CC(O)(CC(O)O)C(O)O.OC(O)CC(O)(CC(O)O)C(O)O.[Fe].[Fe]. The Morgan fingerprint density at radius 1 is 0.393 bits per heavy atom. The molecule has 0 aromatic rings. The summed E-state index contributed by atoms with van der Waals surface area (Å²) < 4.78 is 0. The zero-order valence-electron chi connectivity index (χ0n) is 14.3. The molecule has 28 heavy (non-hydrogen) atoms. The van der Waals surface area contributed by atoms with Gasteiger partial charge in [0.1, 0.15) is 11.2 Å². The third kappa shape index (κ3) is 16.3. The topological polar surface area (TPSA) is 283 Å². The van der Waals surface area contributed by atoms with Gasteiger partial charge in [0.25, 0.3) is 0 Å². The van der Waals surface area contributed by atoms with Gasteiger partial charge in [0.2, 0.25) is 0 Å². The number of rotatable bonds is 10. The van der Waals surface area contributed by atoms with Crippen LogP contribution in [0.15, 0.2) is 0 Å². The average molecular weight is 508 g/mol. The van der Waals surface area contributed by atoms with Crippen LogP contribution >= 0.6 is 0 Å². The standard InChI is InChI=1S/2C6H14O7.2Fe/c2*7-3(8)1-6(13,5(11)12)2-4(9)10;;/h2*3-5,7-13H,1-2H2;;. The molecule has 0 aliphatic heterocycles. The van der Waals surface area contributed by atoms with Crippen LogP contribution in [-0.2, 0) is 34.1 Å². The fourth-order valence-electron chi connectivity index (χ4n) is 1.85. The fraction of sp³-hybridized carbons (Fsp3) is 1.00. The third-order valence-electron chi connectivity index (χ3n) is 3.11. The smallest absolute Gasteiger partial charge is 0.181 e. The Labute approximate surface area is 180 Å². The number of aliphatic hydroxyl groups is 14. The molecule has 0 saturated heterocycles. The molecule has 14 nitrogen and oxygen atoms in total. The van der Waals surface area contributed by atoms with E-state index in [-0.39, 0.29) is 34.1 Å². The molecule has 0 saturated carbocycles. The predicted octanol–water partition coefficient (Wildman–Crippen LogP) is -7.15. The summed E-state index contributed by atoms with van der Waals surface area (Å²) in [4.78, 5) is 0. The van der Waals surface area contributed by atoms with Crippen LogP contribution in [0.5, 0.6) is 0 Å². The molecule has 0 rings (SSSR count). The van der Waals surface area contributed by atoms with Crippen molar-refractivity contribution in [1.82, 2.24) is 0 Å². The molecule has 0 radical (unpaired) electrons. The van der Waals surface area contributed by atoms with Crippen molar-refractivity contribution in [2.24, 2.45) is 0 Å². The van der Waals surface area contributed by atoms with E-state index in [2.05, 4.69) is 0 Å². The van der Waals surface area contributed by atoms with Gasteiger partial charge in [-0.15, -0.1) is 0 Å². The Morgan fingerprint density at radius 2 is 0.536 bits per heavy atom. The summed E-state index contributed by atoms with van der Waals surface area (Å²) in [5.74, 6) is 0. The Balaban J connectivity index is -0.000000192. The summed E-state index contributed by atoms with van der Waals surface area (Å²) in [6.45, 7) is 0. The molecule has 0 aliphatic carbocycles. The first kappa shape index (κ1) is 35.9. The van der Waals surface area contributed by atoms with Crippen molar-refractivity contribution in [3.05, 3.63) is 0 Å². The minimum atomic E-state index is -2.34. The van der Waals surface area contributed by atoms with Crippen molar-refractivity contribution in [3.8, 4) is 0 Å². The molecule has 0 fully saturated rings. The molecule has 0 spiro atoms. The van der Waals surface area contributed by atoms with Gasteiger partial charge in [0.15, 0.2) is 37.7 Å². The Bertz CT molecular complexity index is 312. The van der Waals surface area contributed by atoms with Crippen LogP contribution in [0, 0.1) is 0 Å². The maximum atomic E-state index is 9.29.